The van der Waals surface area contributed by atoms with Crippen LogP contribution in [0.4, 0.5) is 5.13 Å². The van der Waals surface area contributed by atoms with Gasteiger partial charge in [0.2, 0.25) is 5.13 Å². The molecule has 0 aromatic carbocycles. The maximum Gasteiger partial charge on any atom is 0.205 e. The average molecular weight is 243 g/mol. The molecule has 1 heterocycles. The molecule has 1 unspecified atom stereocenters. The SMILES string of the molecule is CCCNc1nnc(COC(C)CCC)s1. The zero-order valence-corrected chi connectivity index (χ0v) is 11.1. The first-order chi connectivity index (χ1) is 7.76. The minimum Gasteiger partial charge on any atom is -0.371 e. The highest BCUT2D eigenvalue weighted by Crippen LogP contribution is 2.16. The molecule has 0 bridgehead atoms. The van der Waals surface area contributed by atoms with E-state index in [9.17, 15) is 0 Å². The lowest BCUT2D eigenvalue weighted by Gasteiger charge is -2.09. The fourth-order valence-corrected chi connectivity index (χ4v) is 2.01. The summed E-state index contributed by atoms with van der Waals surface area (Å²) in [6.07, 6.45) is 3.65. The van der Waals surface area contributed by atoms with Crippen LogP contribution in [-0.4, -0.2) is 22.8 Å². The predicted octanol–water partition coefficient (Wildman–Crippen LogP) is 3.07. The Morgan fingerprint density at radius 1 is 1.31 bits per heavy atom. The van der Waals surface area contributed by atoms with Crippen LogP contribution < -0.4 is 5.32 Å². The summed E-state index contributed by atoms with van der Waals surface area (Å²) in [6.45, 7) is 7.91. The first-order valence-electron chi connectivity index (χ1n) is 5.94. The molecule has 0 fully saturated rings. The molecule has 0 saturated carbocycles. The van der Waals surface area contributed by atoms with Crippen molar-refractivity contribution in [1.82, 2.24) is 10.2 Å². The Labute approximate surface area is 101 Å². The van der Waals surface area contributed by atoms with Gasteiger partial charge in [-0.2, -0.15) is 0 Å². The number of hydrogen-bond acceptors (Lipinski definition) is 5. The van der Waals surface area contributed by atoms with Crippen molar-refractivity contribution in [3.63, 3.8) is 0 Å². The van der Waals surface area contributed by atoms with E-state index in [0.717, 1.165) is 35.9 Å². The van der Waals surface area contributed by atoms with E-state index in [-0.39, 0.29) is 0 Å². The quantitative estimate of drug-likeness (QED) is 0.762. The largest absolute Gasteiger partial charge is 0.371 e. The highest BCUT2D eigenvalue weighted by molar-refractivity contribution is 7.15. The summed E-state index contributed by atoms with van der Waals surface area (Å²) >= 11 is 1.57. The maximum absolute atomic E-state index is 5.67. The first kappa shape index (κ1) is 13.4. The molecule has 1 N–H and O–H groups in total. The third kappa shape index (κ3) is 4.90. The monoisotopic (exact) mass is 243 g/mol. The van der Waals surface area contributed by atoms with Crippen LogP contribution in [0.2, 0.25) is 0 Å². The summed E-state index contributed by atoms with van der Waals surface area (Å²) in [5.41, 5.74) is 0. The smallest absolute Gasteiger partial charge is 0.205 e. The lowest BCUT2D eigenvalue weighted by molar-refractivity contribution is 0.0468. The van der Waals surface area contributed by atoms with E-state index in [1.165, 1.54) is 0 Å². The molecule has 1 aromatic rings. The second-order valence-corrected chi connectivity index (χ2v) is 4.90. The second-order valence-electron chi connectivity index (χ2n) is 3.84. The summed E-state index contributed by atoms with van der Waals surface area (Å²) in [7, 11) is 0. The molecule has 5 heteroatoms. The molecule has 1 atom stereocenters. The molecule has 0 saturated heterocycles. The fourth-order valence-electron chi connectivity index (χ4n) is 1.32. The summed E-state index contributed by atoms with van der Waals surface area (Å²) in [5, 5.41) is 13.2. The third-order valence-corrected chi connectivity index (χ3v) is 3.03. The van der Waals surface area contributed by atoms with Crippen molar-refractivity contribution in [1.29, 1.82) is 0 Å². The number of hydrogen-bond donors (Lipinski definition) is 1. The van der Waals surface area contributed by atoms with Crippen LogP contribution in [0.3, 0.4) is 0 Å². The van der Waals surface area contributed by atoms with Gasteiger partial charge in [-0.05, 0) is 19.8 Å². The molecule has 92 valence electrons. The Kier molecular flexibility index (Phi) is 6.33. The van der Waals surface area contributed by atoms with E-state index in [1.807, 2.05) is 0 Å². The Hall–Kier alpha value is -0.680. The van der Waals surface area contributed by atoms with Crippen molar-refractivity contribution in [2.45, 2.75) is 52.7 Å². The highest BCUT2D eigenvalue weighted by Gasteiger charge is 2.06. The summed E-state index contributed by atoms with van der Waals surface area (Å²) < 4.78 is 5.67. The number of nitrogens with zero attached hydrogens (tertiary/aromatic N) is 2. The van der Waals surface area contributed by atoms with Crippen LogP contribution in [0.1, 0.15) is 45.0 Å². The van der Waals surface area contributed by atoms with E-state index < -0.39 is 0 Å². The lowest BCUT2D eigenvalue weighted by atomic mass is 10.2. The van der Waals surface area contributed by atoms with Crippen molar-refractivity contribution >= 4 is 16.5 Å². The highest BCUT2D eigenvalue weighted by atomic mass is 32.1. The molecule has 4 nitrogen and oxygen atoms in total. The van der Waals surface area contributed by atoms with Crippen LogP contribution in [0, 0.1) is 0 Å². The molecule has 0 radical (unpaired) electrons. The topological polar surface area (TPSA) is 47.0 Å². The fraction of sp³-hybridized carbons (Fsp3) is 0.818. The van der Waals surface area contributed by atoms with Crippen molar-refractivity contribution in [2.24, 2.45) is 0 Å². The predicted molar refractivity (Wildman–Crippen MR) is 67.8 cm³/mol. The van der Waals surface area contributed by atoms with Crippen LogP contribution >= 0.6 is 11.3 Å². The second kappa shape index (κ2) is 7.57. The van der Waals surface area contributed by atoms with Crippen LogP contribution in [-0.2, 0) is 11.3 Å². The normalized spacial score (nSPS) is 12.7. The number of rotatable bonds is 8. The first-order valence-corrected chi connectivity index (χ1v) is 6.75. The van der Waals surface area contributed by atoms with E-state index in [1.54, 1.807) is 11.3 Å². The zero-order chi connectivity index (χ0) is 11.8. The Balaban J connectivity index is 2.28. The van der Waals surface area contributed by atoms with Gasteiger partial charge in [-0.3, -0.25) is 0 Å². The van der Waals surface area contributed by atoms with E-state index >= 15 is 0 Å². The number of aromatic nitrogens is 2. The van der Waals surface area contributed by atoms with Crippen LogP contribution in [0.15, 0.2) is 0 Å². The van der Waals surface area contributed by atoms with Gasteiger partial charge in [0.05, 0.1) is 6.10 Å². The van der Waals surface area contributed by atoms with Gasteiger partial charge in [0.25, 0.3) is 0 Å². The lowest BCUT2D eigenvalue weighted by Crippen LogP contribution is -2.07. The molecule has 0 aliphatic rings. The number of anilines is 1. The summed E-state index contributed by atoms with van der Waals surface area (Å²) in [5.74, 6) is 0. The molecule has 16 heavy (non-hydrogen) atoms. The van der Waals surface area contributed by atoms with Gasteiger partial charge >= 0.3 is 0 Å². The summed E-state index contributed by atoms with van der Waals surface area (Å²) in [6, 6.07) is 0. The van der Waals surface area contributed by atoms with Crippen molar-refractivity contribution in [3.05, 3.63) is 5.01 Å². The van der Waals surface area contributed by atoms with E-state index in [2.05, 4.69) is 36.3 Å². The standard InChI is InChI=1S/C11H21N3OS/c1-4-6-9(3)15-8-10-13-14-11(16-10)12-7-5-2/h9H,4-8H2,1-3H3,(H,12,14). The Bertz CT molecular complexity index is 291. The number of ether oxygens (including phenoxy) is 1. The molecular weight excluding hydrogens is 222 g/mol. The Morgan fingerprint density at radius 2 is 2.12 bits per heavy atom. The van der Waals surface area contributed by atoms with Crippen LogP contribution in [0.25, 0.3) is 0 Å². The molecule has 0 aliphatic heterocycles. The van der Waals surface area contributed by atoms with Crippen molar-refractivity contribution < 1.29 is 4.74 Å². The zero-order valence-electron chi connectivity index (χ0n) is 10.3. The third-order valence-electron chi connectivity index (χ3n) is 2.18. The van der Waals surface area contributed by atoms with Gasteiger partial charge < -0.3 is 10.1 Å². The van der Waals surface area contributed by atoms with E-state index in [4.69, 9.17) is 4.74 Å². The molecule has 0 spiro atoms. The van der Waals surface area contributed by atoms with Gasteiger partial charge in [-0.1, -0.05) is 31.6 Å². The molecule has 0 aliphatic carbocycles. The minimum absolute atomic E-state index is 0.306. The molecule has 0 amide bonds. The van der Waals surface area contributed by atoms with Gasteiger partial charge in [0.15, 0.2) is 0 Å². The maximum atomic E-state index is 5.67. The molecule has 1 rings (SSSR count). The van der Waals surface area contributed by atoms with Gasteiger partial charge in [0.1, 0.15) is 11.6 Å². The van der Waals surface area contributed by atoms with Gasteiger partial charge in [-0.25, -0.2) is 0 Å². The van der Waals surface area contributed by atoms with Crippen molar-refractivity contribution in [3.8, 4) is 0 Å². The number of nitrogens with one attached hydrogen (secondary N) is 1. The van der Waals surface area contributed by atoms with E-state index in [0.29, 0.717) is 12.7 Å². The van der Waals surface area contributed by atoms with Crippen molar-refractivity contribution in [2.75, 3.05) is 11.9 Å². The van der Waals surface area contributed by atoms with Crippen LogP contribution in [0.5, 0.6) is 0 Å². The summed E-state index contributed by atoms with van der Waals surface area (Å²) in [4.78, 5) is 0. The molecule has 1 aromatic heterocycles. The van der Waals surface area contributed by atoms with Gasteiger partial charge in [0, 0.05) is 6.54 Å². The molecular formula is C11H21N3OS. The van der Waals surface area contributed by atoms with Gasteiger partial charge in [-0.15, -0.1) is 10.2 Å². The minimum atomic E-state index is 0.306. The average Bonchev–Trinajstić information content (AvgIpc) is 2.72. The Morgan fingerprint density at radius 3 is 2.81 bits per heavy atom.